The Morgan fingerprint density at radius 1 is 1.50 bits per heavy atom. The first-order valence-electron chi connectivity index (χ1n) is 3.65. The van der Waals surface area contributed by atoms with E-state index < -0.39 is 20.5 Å². The second kappa shape index (κ2) is 4.12. The lowest BCUT2D eigenvalue weighted by Gasteiger charge is -2.04. The zero-order valence-electron chi connectivity index (χ0n) is 7.36. The van der Waals surface area contributed by atoms with Gasteiger partial charge in [-0.15, -0.1) is 4.52 Å². The Balaban J connectivity index is 2.77. The van der Waals surface area contributed by atoms with Crippen LogP contribution >= 0.6 is 8.17 Å². The quantitative estimate of drug-likeness (QED) is 0.576. The fourth-order valence-electron chi connectivity index (χ4n) is 0.776. The SMILES string of the molecule is Cc1ccc(=O)n(CO[P+](O)(O)O)n1. The molecule has 0 aliphatic carbocycles. The van der Waals surface area contributed by atoms with Crippen LogP contribution in [0, 0.1) is 6.92 Å². The zero-order chi connectivity index (χ0) is 10.8. The van der Waals surface area contributed by atoms with E-state index in [9.17, 15) is 4.79 Å². The fourth-order valence-corrected chi connectivity index (χ4v) is 1.04. The highest BCUT2D eigenvalue weighted by Gasteiger charge is 2.33. The van der Waals surface area contributed by atoms with E-state index in [4.69, 9.17) is 14.7 Å². The lowest BCUT2D eigenvalue weighted by molar-refractivity contribution is 0.113. The summed E-state index contributed by atoms with van der Waals surface area (Å²) in [6, 6.07) is 2.77. The minimum atomic E-state index is -4.32. The Bertz CT molecular complexity index is 371. The first kappa shape index (κ1) is 11.2. The van der Waals surface area contributed by atoms with Crippen LogP contribution in [0.15, 0.2) is 16.9 Å². The standard InChI is InChI=1S/C6H10N2O5P/c1-5-2-3-6(9)8(7-5)4-13-14(10,11)12/h2-3,10-12H,4H2,1H3/q+1. The van der Waals surface area contributed by atoms with Gasteiger partial charge in [0.25, 0.3) is 5.56 Å². The normalized spacial score (nSPS) is 11.7. The largest absolute Gasteiger partial charge is 0.569 e. The van der Waals surface area contributed by atoms with Crippen LogP contribution < -0.4 is 5.56 Å². The summed E-state index contributed by atoms with van der Waals surface area (Å²) in [7, 11) is -4.32. The van der Waals surface area contributed by atoms with Crippen molar-refractivity contribution in [1.29, 1.82) is 0 Å². The van der Waals surface area contributed by atoms with Gasteiger partial charge in [0.2, 0.25) is 0 Å². The zero-order valence-corrected chi connectivity index (χ0v) is 8.26. The van der Waals surface area contributed by atoms with Gasteiger partial charge in [-0.25, -0.2) is 0 Å². The van der Waals surface area contributed by atoms with E-state index >= 15 is 0 Å². The maximum atomic E-state index is 11.1. The molecule has 0 amide bonds. The molecule has 8 heteroatoms. The molecule has 1 aromatic heterocycles. The van der Waals surface area contributed by atoms with Crippen molar-refractivity contribution in [3.63, 3.8) is 0 Å². The number of aromatic nitrogens is 2. The van der Waals surface area contributed by atoms with Gasteiger partial charge in [-0.1, -0.05) is 0 Å². The molecule has 0 spiro atoms. The van der Waals surface area contributed by atoms with Gasteiger partial charge in [-0.3, -0.25) is 4.79 Å². The van der Waals surface area contributed by atoms with Crippen molar-refractivity contribution in [2.24, 2.45) is 0 Å². The van der Waals surface area contributed by atoms with E-state index in [1.54, 1.807) is 6.92 Å². The predicted octanol–water partition coefficient (Wildman–Crippen LogP) is -0.820. The summed E-state index contributed by atoms with van der Waals surface area (Å²) >= 11 is 0. The van der Waals surface area contributed by atoms with E-state index in [0.717, 1.165) is 4.68 Å². The minimum absolute atomic E-state index is 0.455. The molecule has 0 saturated carbocycles. The number of aryl methyl sites for hydroxylation is 1. The van der Waals surface area contributed by atoms with Gasteiger partial charge >= 0.3 is 8.17 Å². The predicted molar refractivity (Wildman–Crippen MR) is 47.9 cm³/mol. The van der Waals surface area contributed by atoms with Crippen LogP contribution in [0.4, 0.5) is 0 Å². The van der Waals surface area contributed by atoms with Crippen LogP contribution in [0.2, 0.25) is 0 Å². The van der Waals surface area contributed by atoms with Gasteiger partial charge in [-0.05, 0) is 13.0 Å². The van der Waals surface area contributed by atoms with Crippen LogP contribution in [0.5, 0.6) is 0 Å². The van der Waals surface area contributed by atoms with Gasteiger partial charge in [0.15, 0.2) is 6.73 Å². The molecule has 1 aromatic rings. The van der Waals surface area contributed by atoms with E-state index in [2.05, 4.69) is 9.62 Å². The van der Waals surface area contributed by atoms with Crippen LogP contribution in [0.3, 0.4) is 0 Å². The molecule has 0 bridgehead atoms. The molecule has 0 unspecified atom stereocenters. The highest BCUT2D eigenvalue weighted by Crippen LogP contribution is 2.45. The van der Waals surface area contributed by atoms with Gasteiger partial charge < -0.3 is 0 Å². The summed E-state index contributed by atoms with van der Waals surface area (Å²) in [5, 5.41) is 3.74. The van der Waals surface area contributed by atoms with Gasteiger partial charge in [0, 0.05) is 6.07 Å². The van der Waals surface area contributed by atoms with Crippen LogP contribution in [-0.2, 0) is 11.3 Å². The lowest BCUT2D eigenvalue weighted by Crippen LogP contribution is -2.23. The van der Waals surface area contributed by atoms with Crippen molar-refractivity contribution >= 4 is 8.17 Å². The topological polar surface area (TPSA) is 105 Å². The number of nitrogens with zero attached hydrogens (tertiary/aromatic N) is 2. The summed E-state index contributed by atoms with van der Waals surface area (Å²) in [5.41, 5.74) is 0.120. The molecule has 78 valence electrons. The third-order valence-electron chi connectivity index (χ3n) is 1.35. The molecule has 0 aliphatic rings. The molecule has 1 rings (SSSR count). The number of hydrogen-bond acceptors (Lipinski definition) is 6. The molecule has 14 heavy (non-hydrogen) atoms. The highest BCUT2D eigenvalue weighted by molar-refractivity contribution is 7.53. The first-order valence-corrected chi connectivity index (χ1v) is 5.21. The molecule has 0 saturated heterocycles. The Labute approximate surface area is 79.9 Å². The number of hydrogen-bond donors (Lipinski definition) is 3. The monoisotopic (exact) mass is 221 g/mol. The average molecular weight is 221 g/mol. The molecule has 0 aliphatic heterocycles. The second-order valence-electron chi connectivity index (χ2n) is 2.58. The third kappa shape index (κ3) is 3.49. The Hall–Kier alpha value is -0.850. The molecular formula is C6H10N2O5P+. The summed E-state index contributed by atoms with van der Waals surface area (Å²) in [5.74, 6) is 0. The Morgan fingerprint density at radius 3 is 2.71 bits per heavy atom. The van der Waals surface area contributed by atoms with Crippen molar-refractivity contribution in [3.8, 4) is 0 Å². The summed E-state index contributed by atoms with van der Waals surface area (Å²) in [4.78, 5) is 36.6. The van der Waals surface area contributed by atoms with Crippen molar-refractivity contribution in [2.75, 3.05) is 0 Å². The first-order chi connectivity index (χ1) is 6.38. The van der Waals surface area contributed by atoms with E-state index in [-0.39, 0.29) is 0 Å². The highest BCUT2D eigenvalue weighted by atomic mass is 31.2. The van der Waals surface area contributed by atoms with Crippen molar-refractivity contribution in [3.05, 3.63) is 28.2 Å². The molecule has 0 fully saturated rings. The van der Waals surface area contributed by atoms with E-state index in [0.29, 0.717) is 5.69 Å². The lowest BCUT2D eigenvalue weighted by atomic mass is 10.4. The number of rotatable bonds is 3. The average Bonchev–Trinajstić information content (AvgIpc) is 2.05. The van der Waals surface area contributed by atoms with Gasteiger partial charge in [-0.2, -0.15) is 24.5 Å². The minimum Gasteiger partial charge on any atom is -0.268 e. The molecule has 0 aromatic carbocycles. The summed E-state index contributed by atoms with van der Waals surface area (Å²) in [6.45, 7) is 1.16. The van der Waals surface area contributed by atoms with Crippen LogP contribution in [0.25, 0.3) is 0 Å². The molecule has 3 N–H and O–H groups in total. The van der Waals surface area contributed by atoms with Crippen molar-refractivity contribution in [1.82, 2.24) is 9.78 Å². The third-order valence-corrected chi connectivity index (χ3v) is 1.82. The van der Waals surface area contributed by atoms with E-state index in [1.807, 2.05) is 0 Å². The smallest absolute Gasteiger partial charge is 0.268 e. The molecular weight excluding hydrogens is 211 g/mol. The van der Waals surface area contributed by atoms with Gasteiger partial charge in [0.1, 0.15) is 0 Å². The van der Waals surface area contributed by atoms with Crippen molar-refractivity contribution < 1.29 is 19.2 Å². The Morgan fingerprint density at radius 2 is 2.14 bits per heavy atom. The fraction of sp³-hybridized carbons (Fsp3) is 0.333. The van der Waals surface area contributed by atoms with Crippen LogP contribution in [0.1, 0.15) is 5.69 Å². The molecule has 7 nitrogen and oxygen atoms in total. The summed E-state index contributed by atoms with van der Waals surface area (Å²) < 4.78 is 5.10. The van der Waals surface area contributed by atoms with Crippen LogP contribution in [-0.4, -0.2) is 24.5 Å². The maximum Gasteiger partial charge on any atom is 0.569 e. The van der Waals surface area contributed by atoms with Gasteiger partial charge in [0.05, 0.1) is 5.69 Å². The molecule has 1 heterocycles. The molecule has 0 atom stereocenters. The maximum absolute atomic E-state index is 11.1. The second-order valence-corrected chi connectivity index (χ2v) is 3.87. The molecule has 0 radical (unpaired) electrons. The van der Waals surface area contributed by atoms with E-state index in [1.165, 1.54) is 12.1 Å². The summed E-state index contributed by atoms with van der Waals surface area (Å²) in [6.07, 6.45) is 0. The van der Waals surface area contributed by atoms with Crippen molar-refractivity contribution in [2.45, 2.75) is 13.7 Å². The Kier molecular flexibility index (Phi) is 3.30.